The van der Waals surface area contributed by atoms with E-state index in [0.29, 0.717) is 18.7 Å². The molecule has 0 bridgehead atoms. The van der Waals surface area contributed by atoms with Crippen LogP contribution in [0, 0.1) is 0 Å². The maximum atomic E-state index is 11.2. The molecular formula is C11H20N2O2. The van der Waals surface area contributed by atoms with Gasteiger partial charge in [-0.2, -0.15) is 0 Å². The van der Waals surface area contributed by atoms with Crippen LogP contribution in [0.15, 0.2) is 17.5 Å². The molecule has 0 aromatic heterocycles. The summed E-state index contributed by atoms with van der Waals surface area (Å²) in [5.41, 5.74) is 0.813. The van der Waals surface area contributed by atoms with Crippen LogP contribution in [0.1, 0.15) is 40.0 Å². The van der Waals surface area contributed by atoms with Crippen LogP contribution in [0.3, 0.4) is 0 Å². The van der Waals surface area contributed by atoms with Gasteiger partial charge in [0, 0.05) is 6.42 Å². The number of nitrogens with zero attached hydrogens (tertiary/aromatic N) is 1. The topological polar surface area (TPSA) is 50.7 Å². The fourth-order valence-electron chi connectivity index (χ4n) is 0.811. The Morgan fingerprint density at radius 3 is 2.67 bits per heavy atom. The molecule has 1 N–H and O–H groups in total. The van der Waals surface area contributed by atoms with Crippen molar-refractivity contribution in [2.24, 2.45) is 5.16 Å². The van der Waals surface area contributed by atoms with Gasteiger partial charge in [-0.1, -0.05) is 25.1 Å². The summed E-state index contributed by atoms with van der Waals surface area (Å²) in [6, 6.07) is 0. The Labute approximate surface area is 91.4 Å². The van der Waals surface area contributed by atoms with Crippen molar-refractivity contribution < 1.29 is 9.63 Å². The molecule has 0 aliphatic rings. The highest BCUT2D eigenvalue weighted by Crippen LogP contribution is 1.96. The van der Waals surface area contributed by atoms with E-state index in [-0.39, 0.29) is 5.91 Å². The fourth-order valence-corrected chi connectivity index (χ4v) is 0.811. The average molecular weight is 212 g/mol. The van der Waals surface area contributed by atoms with Crippen LogP contribution < -0.4 is 5.32 Å². The van der Waals surface area contributed by atoms with E-state index in [9.17, 15) is 4.79 Å². The standard InChI is InChI=1S/C11H20N2O2/c1-5-6-7-11(14)12-8-10(4)15-13-9(2)3/h4-8H2,1-3H3,(H,12,14). The van der Waals surface area contributed by atoms with E-state index in [0.717, 1.165) is 18.6 Å². The molecule has 0 heterocycles. The van der Waals surface area contributed by atoms with Crippen molar-refractivity contribution in [2.75, 3.05) is 6.54 Å². The zero-order valence-electron chi connectivity index (χ0n) is 9.80. The Morgan fingerprint density at radius 2 is 2.13 bits per heavy atom. The van der Waals surface area contributed by atoms with E-state index in [4.69, 9.17) is 4.84 Å². The van der Waals surface area contributed by atoms with Crippen molar-refractivity contribution in [3.8, 4) is 0 Å². The number of hydrogen-bond donors (Lipinski definition) is 1. The number of nitrogens with one attached hydrogen (secondary N) is 1. The van der Waals surface area contributed by atoms with Gasteiger partial charge in [0.1, 0.15) is 5.76 Å². The number of carbonyl (C=O) groups excluding carboxylic acids is 1. The van der Waals surface area contributed by atoms with Gasteiger partial charge in [0.2, 0.25) is 5.91 Å². The Morgan fingerprint density at radius 1 is 1.47 bits per heavy atom. The van der Waals surface area contributed by atoms with Gasteiger partial charge >= 0.3 is 0 Å². The van der Waals surface area contributed by atoms with Crippen LogP contribution in [-0.4, -0.2) is 18.2 Å². The summed E-state index contributed by atoms with van der Waals surface area (Å²) < 4.78 is 0. The average Bonchev–Trinajstić information content (AvgIpc) is 2.20. The second kappa shape index (κ2) is 8.03. The molecule has 1 amide bonds. The van der Waals surface area contributed by atoms with Gasteiger partial charge in [0.05, 0.1) is 12.3 Å². The van der Waals surface area contributed by atoms with E-state index in [1.54, 1.807) is 0 Å². The van der Waals surface area contributed by atoms with E-state index in [2.05, 4.69) is 17.1 Å². The maximum absolute atomic E-state index is 11.2. The fraction of sp³-hybridized carbons (Fsp3) is 0.636. The summed E-state index contributed by atoms with van der Waals surface area (Å²) in [6.07, 6.45) is 2.48. The van der Waals surface area contributed by atoms with Crippen LogP contribution in [-0.2, 0) is 9.63 Å². The van der Waals surface area contributed by atoms with E-state index in [1.807, 2.05) is 20.8 Å². The molecule has 0 aliphatic carbocycles. The lowest BCUT2D eigenvalue weighted by Gasteiger charge is -2.05. The molecule has 0 aliphatic heterocycles. The SMILES string of the molecule is C=C(CNC(=O)CCCC)ON=C(C)C. The lowest BCUT2D eigenvalue weighted by Crippen LogP contribution is -2.25. The summed E-state index contributed by atoms with van der Waals surface area (Å²) in [5.74, 6) is 0.472. The first-order chi connectivity index (χ1) is 7.06. The number of oxime groups is 1. The first kappa shape index (κ1) is 13.7. The van der Waals surface area contributed by atoms with E-state index < -0.39 is 0 Å². The van der Waals surface area contributed by atoms with Crippen molar-refractivity contribution >= 4 is 11.6 Å². The van der Waals surface area contributed by atoms with Gasteiger partial charge in [-0.25, -0.2) is 0 Å². The monoisotopic (exact) mass is 212 g/mol. The molecule has 0 saturated carbocycles. The van der Waals surface area contributed by atoms with Gasteiger partial charge < -0.3 is 10.2 Å². The van der Waals surface area contributed by atoms with Gasteiger partial charge in [-0.3, -0.25) is 4.79 Å². The lowest BCUT2D eigenvalue weighted by atomic mass is 10.2. The first-order valence-corrected chi connectivity index (χ1v) is 5.19. The van der Waals surface area contributed by atoms with E-state index in [1.165, 1.54) is 0 Å². The molecule has 4 heteroatoms. The number of amides is 1. The molecule has 15 heavy (non-hydrogen) atoms. The molecular weight excluding hydrogens is 192 g/mol. The van der Waals surface area contributed by atoms with Gasteiger partial charge in [0.25, 0.3) is 0 Å². The summed E-state index contributed by atoms with van der Waals surface area (Å²) in [5, 5.41) is 6.44. The molecule has 4 nitrogen and oxygen atoms in total. The molecule has 0 radical (unpaired) electrons. The minimum Gasteiger partial charge on any atom is -0.360 e. The third-order valence-corrected chi connectivity index (χ3v) is 1.60. The summed E-state index contributed by atoms with van der Waals surface area (Å²) >= 11 is 0. The normalized spacial score (nSPS) is 9.27. The van der Waals surface area contributed by atoms with Crippen LogP contribution in [0.25, 0.3) is 0 Å². The maximum Gasteiger partial charge on any atom is 0.220 e. The van der Waals surface area contributed by atoms with Gasteiger partial charge in [-0.05, 0) is 20.3 Å². The van der Waals surface area contributed by atoms with Crippen LogP contribution in [0.5, 0.6) is 0 Å². The third kappa shape index (κ3) is 9.00. The van der Waals surface area contributed by atoms with Crippen molar-refractivity contribution in [2.45, 2.75) is 40.0 Å². The summed E-state index contributed by atoms with van der Waals surface area (Å²) in [6.45, 7) is 9.66. The van der Waals surface area contributed by atoms with Crippen LogP contribution in [0.4, 0.5) is 0 Å². The molecule has 0 rings (SSSR count). The van der Waals surface area contributed by atoms with E-state index >= 15 is 0 Å². The highest BCUT2D eigenvalue weighted by atomic mass is 16.6. The number of carbonyl (C=O) groups is 1. The molecule has 0 fully saturated rings. The highest BCUT2D eigenvalue weighted by molar-refractivity contribution is 5.78. The third-order valence-electron chi connectivity index (χ3n) is 1.60. The highest BCUT2D eigenvalue weighted by Gasteiger charge is 2.01. The van der Waals surface area contributed by atoms with Crippen LogP contribution in [0.2, 0.25) is 0 Å². The Bertz CT molecular complexity index is 243. The lowest BCUT2D eigenvalue weighted by molar-refractivity contribution is -0.121. The van der Waals surface area contributed by atoms with Gasteiger partial charge in [-0.15, -0.1) is 0 Å². The second-order valence-corrected chi connectivity index (χ2v) is 3.55. The predicted octanol–water partition coefficient (Wildman–Crippen LogP) is 2.22. The van der Waals surface area contributed by atoms with Crippen molar-refractivity contribution in [1.82, 2.24) is 5.32 Å². The molecule has 0 saturated heterocycles. The van der Waals surface area contributed by atoms with Crippen molar-refractivity contribution in [3.63, 3.8) is 0 Å². The predicted molar refractivity (Wildman–Crippen MR) is 61.5 cm³/mol. The Balaban J connectivity index is 3.62. The molecule has 0 aromatic rings. The number of unbranched alkanes of at least 4 members (excludes halogenated alkanes) is 1. The van der Waals surface area contributed by atoms with Gasteiger partial charge in [0.15, 0.2) is 0 Å². The second-order valence-electron chi connectivity index (χ2n) is 3.55. The molecule has 0 aromatic carbocycles. The van der Waals surface area contributed by atoms with Crippen molar-refractivity contribution in [1.29, 1.82) is 0 Å². The van der Waals surface area contributed by atoms with Crippen molar-refractivity contribution in [3.05, 3.63) is 12.3 Å². The largest absolute Gasteiger partial charge is 0.360 e. The Hall–Kier alpha value is -1.32. The number of rotatable bonds is 7. The molecule has 0 atom stereocenters. The molecule has 0 unspecified atom stereocenters. The van der Waals surface area contributed by atoms with Crippen LogP contribution >= 0.6 is 0 Å². The summed E-state index contributed by atoms with van der Waals surface area (Å²) in [7, 11) is 0. The number of hydrogen-bond acceptors (Lipinski definition) is 3. The Kier molecular flexibility index (Phi) is 7.32. The minimum absolute atomic E-state index is 0.0267. The minimum atomic E-state index is 0.0267. The summed E-state index contributed by atoms with van der Waals surface area (Å²) in [4.78, 5) is 16.1. The zero-order chi connectivity index (χ0) is 11.7. The quantitative estimate of drug-likeness (QED) is 0.399. The zero-order valence-corrected chi connectivity index (χ0v) is 9.80. The first-order valence-electron chi connectivity index (χ1n) is 5.19. The molecule has 0 spiro atoms. The molecule has 86 valence electrons. The smallest absolute Gasteiger partial charge is 0.220 e.